The summed E-state index contributed by atoms with van der Waals surface area (Å²) in [6, 6.07) is 16.2. The van der Waals surface area contributed by atoms with Gasteiger partial charge in [0.2, 0.25) is 11.9 Å². The Hall–Kier alpha value is -2.62. The summed E-state index contributed by atoms with van der Waals surface area (Å²) in [6.07, 6.45) is 0.912. The zero-order valence-corrected chi connectivity index (χ0v) is 12.3. The molecule has 1 aliphatic carbocycles. The molecule has 0 bridgehead atoms. The van der Waals surface area contributed by atoms with Gasteiger partial charge in [-0.3, -0.25) is 10.1 Å². The summed E-state index contributed by atoms with van der Waals surface area (Å²) in [4.78, 5) is 19.8. The summed E-state index contributed by atoms with van der Waals surface area (Å²) < 4.78 is 0. The normalized spacial score (nSPS) is 20.0. The fourth-order valence-corrected chi connectivity index (χ4v) is 2.89. The largest absolute Gasteiger partial charge is 0.324 e. The quantitative estimate of drug-likeness (QED) is 0.774. The Bertz CT molecular complexity index is 802. The van der Waals surface area contributed by atoms with E-state index >= 15 is 0 Å². The van der Waals surface area contributed by atoms with Crippen LogP contribution >= 0.6 is 0 Å². The van der Waals surface area contributed by atoms with Crippen molar-refractivity contribution in [2.24, 2.45) is 5.92 Å². The van der Waals surface area contributed by atoms with Crippen LogP contribution < -0.4 is 5.32 Å². The van der Waals surface area contributed by atoms with Gasteiger partial charge in [0.15, 0.2) is 0 Å². The first kappa shape index (κ1) is 13.1. The Kier molecular flexibility index (Phi) is 2.96. The number of aromatic amines is 1. The number of H-pyrrole nitrogens is 1. The SMILES string of the molecule is Cc1ccc(C2CC2C(=O)Nc2nc3ccccc3[nH]2)cc1. The fourth-order valence-electron chi connectivity index (χ4n) is 2.89. The summed E-state index contributed by atoms with van der Waals surface area (Å²) in [5, 5.41) is 2.90. The third-order valence-corrected chi connectivity index (χ3v) is 4.26. The number of carbonyl (C=O) groups excluding carboxylic acids is 1. The van der Waals surface area contributed by atoms with Crippen LogP contribution in [0.1, 0.15) is 23.5 Å². The Labute approximate surface area is 128 Å². The summed E-state index contributed by atoms with van der Waals surface area (Å²) in [5.41, 5.74) is 4.29. The molecule has 0 radical (unpaired) electrons. The van der Waals surface area contributed by atoms with Crippen molar-refractivity contribution in [1.29, 1.82) is 0 Å². The molecule has 0 spiro atoms. The predicted molar refractivity (Wildman–Crippen MR) is 86.8 cm³/mol. The van der Waals surface area contributed by atoms with E-state index in [0.29, 0.717) is 11.9 Å². The fraction of sp³-hybridized carbons (Fsp3) is 0.222. The third-order valence-electron chi connectivity index (χ3n) is 4.26. The molecule has 1 aliphatic rings. The van der Waals surface area contributed by atoms with Gasteiger partial charge in [0.25, 0.3) is 0 Å². The second-order valence-electron chi connectivity index (χ2n) is 5.95. The molecule has 4 nitrogen and oxygen atoms in total. The van der Waals surface area contributed by atoms with Gasteiger partial charge < -0.3 is 4.98 Å². The van der Waals surface area contributed by atoms with Crippen LogP contribution in [0.3, 0.4) is 0 Å². The number of anilines is 1. The van der Waals surface area contributed by atoms with Crippen LogP contribution in [0.5, 0.6) is 0 Å². The van der Waals surface area contributed by atoms with Gasteiger partial charge >= 0.3 is 0 Å². The van der Waals surface area contributed by atoms with Crippen molar-refractivity contribution in [3.63, 3.8) is 0 Å². The number of imidazole rings is 1. The van der Waals surface area contributed by atoms with E-state index in [-0.39, 0.29) is 11.8 Å². The van der Waals surface area contributed by atoms with Gasteiger partial charge in [-0.25, -0.2) is 4.98 Å². The van der Waals surface area contributed by atoms with Crippen LogP contribution in [0, 0.1) is 12.8 Å². The first-order valence-electron chi connectivity index (χ1n) is 7.53. The number of carbonyl (C=O) groups is 1. The van der Waals surface area contributed by atoms with E-state index < -0.39 is 0 Å². The lowest BCUT2D eigenvalue weighted by atomic mass is 10.1. The Balaban J connectivity index is 1.46. The van der Waals surface area contributed by atoms with Gasteiger partial charge in [0.1, 0.15) is 0 Å². The number of rotatable bonds is 3. The molecule has 2 unspecified atom stereocenters. The highest BCUT2D eigenvalue weighted by molar-refractivity contribution is 5.95. The van der Waals surface area contributed by atoms with Crippen molar-refractivity contribution in [3.8, 4) is 0 Å². The van der Waals surface area contributed by atoms with Crippen molar-refractivity contribution in [1.82, 2.24) is 9.97 Å². The highest BCUT2D eigenvalue weighted by Crippen LogP contribution is 2.47. The van der Waals surface area contributed by atoms with E-state index in [1.165, 1.54) is 11.1 Å². The Morgan fingerprint density at radius 3 is 2.73 bits per heavy atom. The first-order valence-corrected chi connectivity index (χ1v) is 7.53. The predicted octanol–water partition coefficient (Wildman–Crippen LogP) is 3.61. The summed E-state index contributed by atoms with van der Waals surface area (Å²) in [5.74, 6) is 0.964. The van der Waals surface area contributed by atoms with E-state index in [0.717, 1.165) is 17.5 Å². The van der Waals surface area contributed by atoms with Crippen LogP contribution in [0.15, 0.2) is 48.5 Å². The average molecular weight is 291 g/mol. The molecule has 1 fully saturated rings. The molecule has 1 aromatic heterocycles. The molecule has 4 rings (SSSR count). The minimum Gasteiger partial charge on any atom is -0.324 e. The van der Waals surface area contributed by atoms with Crippen LogP contribution in [-0.2, 0) is 4.79 Å². The molecule has 0 saturated heterocycles. The van der Waals surface area contributed by atoms with Gasteiger partial charge in [-0.05, 0) is 37.0 Å². The van der Waals surface area contributed by atoms with Crippen molar-refractivity contribution < 1.29 is 4.79 Å². The molecule has 2 atom stereocenters. The number of fused-ring (bicyclic) bond motifs is 1. The molecule has 22 heavy (non-hydrogen) atoms. The van der Waals surface area contributed by atoms with E-state index in [9.17, 15) is 4.79 Å². The highest BCUT2D eigenvalue weighted by Gasteiger charge is 2.44. The van der Waals surface area contributed by atoms with Crippen molar-refractivity contribution >= 4 is 22.9 Å². The third kappa shape index (κ3) is 2.37. The number of nitrogens with one attached hydrogen (secondary N) is 2. The minimum absolute atomic E-state index is 0.0460. The Morgan fingerprint density at radius 1 is 1.18 bits per heavy atom. The number of amides is 1. The topological polar surface area (TPSA) is 57.8 Å². The minimum atomic E-state index is 0.0460. The van der Waals surface area contributed by atoms with Gasteiger partial charge in [0, 0.05) is 5.92 Å². The number of nitrogens with zero attached hydrogens (tertiary/aromatic N) is 1. The maximum absolute atomic E-state index is 12.3. The summed E-state index contributed by atoms with van der Waals surface area (Å²) in [7, 11) is 0. The summed E-state index contributed by atoms with van der Waals surface area (Å²) >= 11 is 0. The lowest BCUT2D eigenvalue weighted by molar-refractivity contribution is -0.117. The number of aryl methyl sites for hydroxylation is 1. The number of hydrogen-bond donors (Lipinski definition) is 2. The lowest BCUT2D eigenvalue weighted by Gasteiger charge is -2.02. The zero-order valence-electron chi connectivity index (χ0n) is 12.3. The summed E-state index contributed by atoms with van der Waals surface area (Å²) in [6.45, 7) is 2.07. The van der Waals surface area contributed by atoms with Crippen LogP contribution in [-0.4, -0.2) is 15.9 Å². The number of para-hydroxylation sites is 2. The number of aromatic nitrogens is 2. The second kappa shape index (κ2) is 4.98. The van der Waals surface area contributed by atoms with E-state index in [4.69, 9.17) is 0 Å². The molecule has 3 aromatic rings. The molecule has 0 aliphatic heterocycles. The van der Waals surface area contributed by atoms with Crippen molar-refractivity contribution in [2.75, 3.05) is 5.32 Å². The van der Waals surface area contributed by atoms with Gasteiger partial charge in [-0.2, -0.15) is 0 Å². The molecule has 2 aromatic carbocycles. The van der Waals surface area contributed by atoms with Gasteiger partial charge in [0.05, 0.1) is 11.0 Å². The molecule has 4 heteroatoms. The number of hydrogen-bond acceptors (Lipinski definition) is 2. The maximum atomic E-state index is 12.3. The number of benzene rings is 2. The smallest absolute Gasteiger partial charge is 0.230 e. The molecule has 110 valence electrons. The highest BCUT2D eigenvalue weighted by atomic mass is 16.2. The molecular weight excluding hydrogens is 274 g/mol. The van der Waals surface area contributed by atoms with Crippen LogP contribution in [0.4, 0.5) is 5.95 Å². The van der Waals surface area contributed by atoms with E-state index in [2.05, 4.69) is 46.5 Å². The van der Waals surface area contributed by atoms with Crippen LogP contribution in [0.2, 0.25) is 0 Å². The molecular formula is C18H17N3O. The average Bonchev–Trinajstić information content (AvgIpc) is 3.21. The zero-order chi connectivity index (χ0) is 15.1. The monoisotopic (exact) mass is 291 g/mol. The van der Waals surface area contributed by atoms with Crippen molar-refractivity contribution in [2.45, 2.75) is 19.3 Å². The Morgan fingerprint density at radius 2 is 1.95 bits per heavy atom. The molecule has 1 heterocycles. The lowest BCUT2D eigenvalue weighted by Crippen LogP contribution is -2.15. The van der Waals surface area contributed by atoms with E-state index in [1.807, 2.05) is 24.3 Å². The standard InChI is InChI=1S/C18H17N3O/c1-11-6-8-12(9-7-11)13-10-14(13)17(22)21-18-19-15-4-2-3-5-16(15)20-18/h2-9,13-14H,10H2,1H3,(H2,19,20,21,22). The molecule has 1 amide bonds. The van der Waals surface area contributed by atoms with Crippen LogP contribution in [0.25, 0.3) is 11.0 Å². The van der Waals surface area contributed by atoms with Gasteiger partial charge in [-0.1, -0.05) is 42.0 Å². The molecule has 1 saturated carbocycles. The first-order chi connectivity index (χ1) is 10.7. The second-order valence-corrected chi connectivity index (χ2v) is 5.95. The maximum Gasteiger partial charge on any atom is 0.230 e. The van der Waals surface area contributed by atoms with E-state index in [1.54, 1.807) is 0 Å². The van der Waals surface area contributed by atoms with Gasteiger partial charge in [-0.15, -0.1) is 0 Å². The molecule has 2 N–H and O–H groups in total. The van der Waals surface area contributed by atoms with Crippen molar-refractivity contribution in [3.05, 3.63) is 59.7 Å².